The molecule has 206 valence electrons. The lowest BCUT2D eigenvalue weighted by Gasteiger charge is -2.18. The second-order valence-corrected chi connectivity index (χ2v) is 9.00. The second-order valence-electron chi connectivity index (χ2n) is 9.00. The van der Waals surface area contributed by atoms with Crippen LogP contribution in [-0.4, -0.2) is 57.6 Å². The van der Waals surface area contributed by atoms with Gasteiger partial charge in [0, 0.05) is 0 Å². The van der Waals surface area contributed by atoms with Crippen LogP contribution in [-0.2, 0) is 22.4 Å². The number of anilines is 1. The molecule has 3 aromatic carbocycles. The van der Waals surface area contributed by atoms with Crippen molar-refractivity contribution in [3.8, 4) is 40.2 Å². The summed E-state index contributed by atoms with van der Waals surface area (Å²) in [5.41, 5.74) is 1.63. The van der Waals surface area contributed by atoms with E-state index < -0.39 is 23.7 Å². The zero-order valence-corrected chi connectivity index (χ0v) is 22.4. The van der Waals surface area contributed by atoms with Gasteiger partial charge in [-0.2, -0.15) is 0 Å². The van der Waals surface area contributed by atoms with Gasteiger partial charge in [-0.15, -0.1) is 0 Å². The summed E-state index contributed by atoms with van der Waals surface area (Å²) in [5.74, 6) is -1.50. The molecule has 10 nitrogen and oxygen atoms in total. The fraction of sp³-hybridized carbons (Fsp3) is 0.310. The number of phenols is 2. The van der Waals surface area contributed by atoms with E-state index in [1.165, 1.54) is 35.5 Å². The number of hydrogen-bond donors (Lipinski definition) is 2. The molecule has 39 heavy (non-hydrogen) atoms. The predicted octanol–water partition coefficient (Wildman–Crippen LogP) is 3.73. The Kier molecular flexibility index (Phi) is 8.04. The molecule has 2 amide bonds. The Balaban J connectivity index is 1.79. The smallest absolute Gasteiger partial charge is 0.238 e. The number of imide groups is 1. The Bertz CT molecular complexity index is 1260. The van der Waals surface area contributed by atoms with Gasteiger partial charge in [0.05, 0.1) is 53.1 Å². The van der Waals surface area contributed by atoms with Crippen molar-refractivity contribution in [2.75, 3.05) is 40.4 Å². The van der Waals surface area contributed by atoms with Gasteiger partial charge < -0.3 is 33.9 Å². The summed E-state index contributed by atoms with van der Waals surface area (Å²) in [6.07, 6.45) is 0.334. The van der Waals surface area contributed by atoms with Crippen LogP contribution in [0.3, 0.4) is 0 Å². The number of amides is 2. The number of para-hydroxylation sites is 2. The Morgan fingerprint density at radius 3 is 1.33 bits per heavy atom. The number of carbonyl (C=O) groups excluding carboxylic acids is 2. The van der Waals surface area contributed by atoms with Crippen molar-refractivity contribution < 1.29 is 43.5 Å². The van der Waals surface area contributed by atoms with E-state index in [1.54, 1.807) is 48.5 Å². The number of methoxy groups -OCH3 is 5. The van der Waals surface area contributed by atoms with Gasteiger partial charge in [-0.1, -0.05) is 12.1 Å². The fourth-order valence-electron chi connectivity index (χ4n) is 4.93. The van der Waals surface area contributed by atoms with E-state index in [0.717, 1.165) is 4.90 Å². The number of benzene rings is 3. The zero-order chi connectivity index (χ0) is 28.3. The lowest BCUT2D eigenvalue weighted by Crippen LogP contribution is -2.31. The Morgan fingerprint density at radius 2 is 0.974 bits per heavy atom. The van der Waals surface area contributed by atoms with Crippen LogP contribution in [0.5, 0.6) is 40.2 Å². The third-order valence-corrected chi connectivity index (χ3v) is 6.88. The van der Waals surface area contributed by atoms with Crippen LogP contribution in [0.2, 0.25) is 0 Å². The van der Waals surface area contributed by atoms with Gasteiger partial charge in [0.15, 0.2) is 23.0 Å². The minimum atomic E-state index is -0.771. The van der Waals surface area contributed by atoms with Gasteiger partial charge in [0.25, 0.3) is 0 Å². The topological polar surface area (TPSA) is 124 Å². The zero-order valence-electron chi connectivity index (χ0n) is 22.4. The van der Waals surface area contributed by atoms with Crippen molar-refractivity contribution in [3.05, 3.63) is 59.7 Å². The lowest BCUT2D eigenvalue weighted by atomic mass is 9.84. The average molecular weight is 538 g/mol. The first kappa shape index (κ1) is 27.4. The van der Waals surface area contributed by atoms with Crippen molar-refractivity contribution in [2.45, 2.75) is 12.8 Å². The second kappa shape index (κ2) is 11.4. The molecule has 1 fully saturated rings. The minimum Gasteiger partial charge on any atom is -0.502 e. The van der Waals surface area contributed by atoms with Gasteiger partial charge in [0.2, 0.25) is 23.3 Å². The molecule has 1 heterocycles. The van der Waals surface area contributed by atoms with Gasteiger partial charge >= 0.3 is 0 Å². The third kappa shape index (κ3) is 5.09. The maximum Gasteiger partial charge on any atom is 0.238 e. The first-order valence-electron chi connectivity index (χ1n) is 12.2. The fourth-order valence-corrected chi connectivity index (χ4v) is 4.93. The third-order valence-electron chi connectivity index (χ3n) is 6.88. The molecule has 2 N–H and O–H groups in total. The van der Waals surface area contributed by atoms with Gasteiger partial charge in [0.1, 0.15) is 5.75 Å². The summed E-state index contributed by atoms with van der Waals surface area (Å²) in [4.78, 5) is 29.0. The van der Waals surface area contributed by atoms with Crippen LogP contribution in [0, 0.1) is 11.8 Å². The Morgan fingerprint density at radius 1 is 0.615 bits per heavy atom. The first-order chi connectivity index (χ1) is 18.8. The van der Waals surface area contributed by atoms with E-state index in [4.69, 9.17) is 23.7 Å². The highest BCUT2D eigenvalue weighted by Gasteiger charge is 2.49. The van der Waals surface area contributed by atoms with E-state index in [2.05, 4.69) is 0 Å². The molecule has 1 aliphatic rings. The number of aromatic hydroxyl groups is 2. The highest BCUT2D eigenvalue weighted by Crippen LogP contribution is 2.43. The predicted molar refractivity (Wildman–Crippen MR) is 142 cm³/mol. The SMILES string of the molecule is COc1ccccc1N1C(=O)[C@H](Cc2cc(OC)c(O)c(OC)c2)[C@@H](Cc2cc(OC)c(O)c(OC)c2)C1=O. The lowest BCUT2D eigenvalue weighted by molar-refractivity contribution is -0.122. The highest BCUT2D eigenvalue weighted by molar-refractivity contribution is 6.22. The molecule has 4 rings (SSSR count). The molecule has 0 unspecified atom stereocenters. The standard InChI is InChI=1S/C29H31NO9/c1-35-21-9-7-6-8-20(21)30-28(33)18(10-16-12-22(36-2)26(31)23(13-16)37-3)19(29(30)34)11-17-14-24(38-4)27(32)25(15-17)39-5/h6-9,12-15,18-19,31-32H,10-11H2,1-5H3/t18-,19-/m1/s1. The number of ether oxygens (including phenoxy) is 5. The summed E-state index contributed by atoms with van der Waals surface area (Å²) < 4.78 is 26.6. The normalized spacial score (nSPS) is 16.8. The molecular weight excluding hydrogens is 506 g/mol. The van der Waals surface area contributed by atoms with Crippen LogP contribution in [0.25, 0.3) is 0 Å². The molecule has 0 aromatic heterocycles. The summed E-state index contributed by atoms with van der Waals surface area (Å²) in [7, 11) is 7.14. The van der Waals surface area contributed by atoms with Crippen LogP contribution in [0.4, 0.5) is 5.69 Å². The number of nitrogens with zero attached hydrogens (tertiary/aromatic N) is 1. The summed E-state index contributed by atoms with van der Waals surface area (Å²) in [6, 6.07) is 13.3. The minimum absolute atomic E-state index is 0.159. The van der Waals surface area contributed by atoms with E-state index in [-0.39, 0.29) is 47.3 Å². The van der Waals surface area contributed by atoms with Gasteiger partial charge in [-0.3, -0.25) is 9.59 Å². The Labute approximate surface area is 226 Å². The molecule has 0 spiro atoms. The van der Waals surface area contributed by atoms with Crippen molar-refractivity contribution in [3.63, 3.8) is 0 Å². The molecule has 1 aliphatic heterocycles. The largest absolute Gasteiger partial charge is 0.502 e. The van der Waals surface area contributed by atoms with E-state index >= 15 is 0 Å². The van der Waals surface area contributed by atoms with Gasteiger partial charge in [-0.25, -0.2) is 4.90 Å². The quantitative estimate of drug-likeness (QED) is 0.372. The van der Waals surface area contributed by atoms with Crippen LogP contribution < -0.4 is 28.6 Å². The number of carbonyl (C=O) groups is 2. The van der Waals surface area contributed by atoms with E-state index in [0.29, 0.717) is 22.6 Å². The highest BCUT2D eigenvalue weighted by atomic mass is 16.5. The molecule has 3 aromatic rings. The molecule has 1 saturated heterocycles. The number of hydrogen-bond acceptors (Lipinski definition) is 9. The van der Waals surface area contributed by atoms with Crippen molar-refractivity contribution in [1.82, 2.24) is 0 Å². The Hall–Kier alpha value is -4.60. The number of phenolic OH excluding ortho intramolecular Hbond substituents is 2. The van der Waals surface area contributed by atoms with Crippen LogP contribution in [0.1, 0.15) is 11.1 Å². The maximum absolute atomic E-state index is 13.9. The van der Waals surface area contributed by atoms with Gasteiger partial charge in [-0.05, 0) is 60.4 Å². The van der Waals surface area contributed by atoms with Crippen molar-refractivity contribution in [2.24, 2.45) is 11.8 Å². The monoisotopic (exact) mass is 537 g/mol. The molecule has 0 bridgehead atoms. The molecule has 10 heteroatoms. The molecule has 0 radical (unpaired) electrons. The number of rotatable bonds is 10. The first-order valence-corrected chi connectivity index (χ1v) is 12.2. The van der Waals surface area contributed by atoms with Crippen molar-refractivity contribution >= 4 is 17.5 Å². The molecule has 0 aliphatic carbocycles. The average Bonchev–Trinajstić information content (AvgIpc) is 3.17. The molecular formula is C29H31NO9. The van der Waals surface area contributed by atoms with Crippen LogP contribution >= 0.6 is 0 Å². The summed E-state index contributed by atoms with van der Waals surface area (Å²) in [6.45, 7) is 0. The van der Waals surface area contributed by atoms with E-state index in [1.807, 2.05) is 0 Å². The van der Waals surface area contributed by atoms with Crippen molar-refractivity contribution in [1.29, 1.82) is 0 Å². The summed E-state index contributed by atoms with van der Waals surface area (Å²) >= 11 is 0. The maximum atomic E-state index is 13.9. The van der Waals surface area contributed by atoms with E-state index in [9.17, 15) is 19.8 Å². The summed E-state index contributed by atoms with van der Waals surface area (Å²) in [5, 5.41) is 20.7. The molecule has 0 saturated carbocycles. The van der Waals surface area contributed by atoms with Crippen LogP contribution in [0.15, 0.2) is 48.5 Å². The molecule has 2 atom stereocenters.